The first-order chi connectivity index (χ1) is 34.7. The molecule has 3 rings (SSSR count). The van der Waals surface area contributed by atoms with Crippen LogP contribution in [-0.4, -0.2) is 193 Å². The summed E-state index contributed by atoms with van der Waals surface area (Å²) in [5.74, 6) is 0. The van der Waals surface area contributed by atoms with E-state index in [9.17, 15) is 14.4 Å². The van der Waals surface area contributed by atoms with Crippen LogP contribution in [0, 0.1) is 41.5 Å². The summed E-state index contributed by atoms with van der Waals surface area (Å²) < 4.78 is 99.4. The van der Waals surface area contributed by atoms with E-state index in [1.807, 2.05) is 13.0 Å². The molecule has 27 nitrogen and oxygen atoms in total. The standard InChI is InChI=1S/C40H81N9O18Si7/c1-32-29-35(4)47(44-32)38(50)41-23-20-26-72(57-11,58-12)65-69(17,55-9)63-71(19,62-68(16,53-7)54-8)64-70(18,56-10)66-74(61-15,28-22-25-43-40(52)49-37(6)31-34(3)46-49)67-73(59-13,60-14)27-21-24-42-39(51)48-36(5)30-33(2)45-48/h29-31H,20-28H2,1-19H3,(H,41,50)(H,42,51)(H,43,52). The highest BCUT2D eigenvalue weighted by molar-refractivity contribution is 6.88. The summed E-state index contributed by atoms with van der Waals surface area (Å²) in [7, 11) is -14.6. The molecule has 0 saturated heterocycles. The second-order valence-corrected chi connectivity index (χ2v) is 38.5. The zero-order valence-electron chi connectivity index (χ0n) is 46.6. The Labute approximate surface area is 443 Å². The van der Waals surface area contributed by atoms with E-state index >= 15 is 0 Å². The molecular formula is C40H81N9O18Si7. The van der Waals surface area contributed by atoms with Crippen molar-refractivity contribution in [2.45, 2.75) is 105 Å². The largest absolute Gasteiger partial charge is 0.493 e. The number of hydrogen-bond acceptors (Lipinski definition) is 21. The number of nitrogens with one attached hydrogen (secondary N) is 3. The lowest BCUT2D eigenvalue weighted by atomic mass is 10.4. The fourth-order valence-corrected chi connectivity index (χ4v) is 34.4. The van der Waals surface area contributed by atoms with E-state index in [1.54, 1.807) is 72.9 Å². The van der Waals surface area contributed by atoms with Gasteiger partial charge in [-0.25, -0.2) is 14.4 Å². The Bertz CT molecular complexity index is 2270. The molecular weight excluding hydrogens is 1090 g/mol. The van der Waals surface area contributed by atoms with Crippen LogP contribution in [-0.2, 0) is 64.5 Å². The van der Waals surface area contributed by atoms with Gasteiger partial charge in [0.15, 0.2) is 0 Å². The molecule has 3 N–H and O–H groups in total. The third-order valence-corrected chi connectivity index (χ3v) is 37.4. The molecule has 0 aliphatic rings. The fraction of sp³-hybridized carbons (Fsp3) is 0.700. The summed E-state index contributed by atoms with van der Waals surface area (Å²) in [6, 6.07) is 4.75. The Kier molecular flexibility index (Phi) is 25.2. The highest BCUT2D eigenvalue weighted by atomic mass is 28.6. The molecule has 4 atom stereocenters. The first kappa shape index (κ1) is 65.2. The van der Waals surface area contributed by atoms with Crippen LogP contribution < -0.4 is 16.0 Å². The van der Waals surface area contributed by atoms with Crippen molar-refractivity contribution in [2.75, 3.05) is 83.6 Å². The number of amides is 3. The van der Waals surface area contributed by atoms with Crippen LogP contribution in [0.15, 0.2) is 18.2 Å². The number of aryl methyl sites for hydroxylation is 6. The van der Waals surface area contributed by atoms with Gasteiger partial charge in [0.05, 0.1) is 17.1 Å². The Morgan fingerprint density at radius 3 is 0.932 bits per heavy atom. The molecule has 0 aliphatic carbocycles. The minimum atomic E-state index is -4.28. The van der Waals surface area contributed by atoms with Gasteiger partial charge in [0.2, 0.25) is 0 Å². The van der Waals surface area contributed by atoms with Crippen LogP contribution in [0.1, 0.15) is 53.4 Å². The van der Waals surface area contributed by atoms with E-state index < -0.39 is 73.7 Å². The quantitative estimate of drug-likeness (QED) is 0.0564. The second kappa shape index (κ2) is 28.5. The number of aromatic nitrogens is 6. The van der Waals surface area contributed by atoms with Gasteiger partial charge in [0.1, 0.15) is 0 Å². The van der Waals surface area contributed by atoms with Gasteiger partial charge in [0.25, 0.3) is 0 Å². The highest BCUT2D eigenvalue weighted by Crippen LogP contribution is 2.34. The summed E-state index contributed by atoms with van der Waals surface area (Å²) in [4.78, 5) is 39.2. The first-order valence-corrected chi connectivity index (χ1v) is 38.5. The molecule has 0 fully saturated rings. The molecule has 3 aromatic rings. The Morgan fingerprint density at radius 2 is 0.662 bits per heavy atom. The maximum Gasteiger partial charge on any atom is 0.493 e. The fourth-order valence-electron chi connectivity index (χ4n) is 7.63. The molecule has 0 spiro atoms. The SMILES string of the molecule is CO[Si](C)(OC)O[Si](C)(O[Si](C)(OC)O[Si](CCCNC(=O)n1nc(C)cc1C)(OC)OC)O[Si](C)(OC)O[Si](CCCNC(=O)n1nc(C)cc1C)(OC)O[Si](CCCNC(=O)n1nc(C)cc1C)(OC)OC. The van der Waals surface area contributed by atoms with Crippen molar-refractivity contribution in [3.8, 4) is 0 Å². The minimum absolute atomic E-state index is 0.0834. The van der Waals surface area contributed by atoms with E-state index in [-0.39, 0.29) is 50.2 Å². The Hall–Kier alpha value is -3.04. The molecule has 3 heterocycles. The van der Waals surface area contributed by atoms with Gasteiger partial charge >= 0.3 is 79.7 Å². The second-order valence-electron chi connectivity index (χ2n) is 17.5. The average Bonchev–Trinajstić information content (AvgIpc) is 4.02. The maximum atomic E-state index is 13.2. The molecule has 0 aliphatic heterocycles. The zero-order chi connectivity index (χ0) is 55.8. The van der Waals surface area contributed by atoms with Crippen molar-refractivity contribution in [3.63, 3.8) is 0 Å². The van der Waals surface area contributed by atoms with Gasteiger partial charge in [-0.3, -0.25) is 0 Å². The van der Waals surface area contributed by atoms with Crippen LogP contribution in [0.25, 0.3) is 0 Å². The lowest BCUT2D eigenvalue weighted by Crippen LogP contribution is -2.69. The molecule has 3 aromatic heterocycles. The van der Waals surface area contributed by atoms with Crippen molar-refractivity contribution in [2.24, 2.45) is 0 Å². The van der Waals surface area contributed by atoms with Crippen molar-refractivity contribution in [1.82, 2.24) is 45.3 Å². The van der Waals surface area contributed by atoms with E-state index in [0.29, 0.717) is 41.3 Å². The van der Waals surface area contributed by atoms with Crippen LogP contribution in [0.2, 0.25) is 44.3 Å². The van der Waals surface area contributed by atoms with Crippen molar-refractivity contribution < 1.29 is 78.9 Å². The van der Waals surface area contributed by atoms with E-state index in [0.717, 1.165) is 5.69 Å². The first-order valence-electron chi connectivity index (χ1n) is 23.8. The monoisotopic (exact) mass is 1170 g/mol. The van der Waals surface area contributed by atoms with E-state index in [1.165, 1.54) is 78.0 Å². The minimum Gasteiger partial charge on any atom is -0.378 e. The molecule has 3 amide bonds. The van der Waals surface area contributed by atoms with Gasteiger partial charge in [0, 0.05) is 145 Å². The molecule has 0 saturated carbocycles. The smallest absolute Gasteiger partial charge is 0.378 e. The van der Waals surface area contributed by atoms with Crippen LogP contribution in [0.3, 0.4) is 0 Å². The number of carbonyl (C=O) groups is 3. The predicted octanol–water partition coefficient (Wildman–Crippen LogP) is 4.38. The van der Waals surface area contributed by atoms with Crippen molar-refractivity contribution in [1.29, 1.82) is 0 Å². The average molecular weight is 1170 g/mol. The highest BCUT2D eigenvalue weighted by Gasteiger charge is 2.63. The van der Waals surface area contributed by atoms with Gasteiger partial charge in [-0.15, -0.1) is 0 Å². The van der Waals surface area contributed by atoms with Crippen LogP contribution in [0.4, 0.5) is 14.4 Å². The molecule has 4 unspecified atom stereocenters. The number of rotatable bonds is 33. The molecule has 0 radical (unpaired) electrons. The van der Waals surface area contributed by atoms with Gasteiger partial charge < -0.3 is 80.5 Å². The van der Waals surface area contributed by atoms with E-state index in [2.05, 4.69) is 31.2 Å². The summed E-state index contributed by atoms with van der Waals surface area (Å²) >= 11 is 0. The van der Waals surface area contributed by atoms with Crippen LogP contribution in [0.5, 0.6) is 0 Å². The van der Waals surface area contributed by atoms with Crippen molar-refractivity contribution in [3.05, 3.63) is 52.4 Å². The van der Waals surface area contributed by atoms with Gasteiger partial charge in [-0.05, 0) is 79.0 Å². The lowest BCUT2D eigenvalue weighted by Gasteiger charge is -2.45. The number of hydrogen-bond donors (Lipinski definition) is 3. The topological polar surface area (TPSA) is 279 Å². The molecule has 0 bridgehead atoms. The number of carbonyl (C=O) groups excluding carboxylic acids is 3. The predicted molar refractivity (Wildman–Crippen MR) is 283 cm³/mol. The van der Waals surface area contributed by atoms with Crippen molar-refractivity contribution >= 4 is 79.7 Å². The Balaban J connectivity index is 2.00. The summed E-state index contributed by atoms with van der Waals surface area (Å²) in [6.07, 6.45) is 1.02. The third kappa shape index (κ3) is 18.3. The number of nitrogens with zero attached hydrogens (tertiary/aromatic N) is 6. The lowest BCUT2D eigenvalue weighted by molar-refractivity contribution is 0.0551. The normalized spacial score (nSPS) is 15.8. The van der Waals surface area contributed by atoms with Gasteiger partial charge in [-0.2, -0.15) is 29.3 Å². The molecule has 0 aromatic carbocycles. The van der Waals surface area contributed by atoms with Gasteiger partial charge in [-0.1, -0.05) is 0 Å². The van der Waals surface area contributed by atoms with E-state index in [4.69, 9.17) is 64.5 Å². The molecule has 422 valence electrons. The summed E-state index contributed by atoms with van der Waals surface area (Å²) in [6.45, 7) is 17.9. The maximum absolute atomic E-state index is 13.2. The molecule has 34 heteroatoms. The summed E-state index contributed by atoms with van der Waals surface area (Å²) in [5.41, 5.74) is 4.17. The zero-order valence-corrected chi connectivity index (χ0v) is 53.6. The Morgan fingerprint density at radius 1 is 0.392 bits per heavy atom. The molecule has 74 heavy (non-hydrogen) atoms. The van der Waals surface area contributed by atoms with Crippen LogP contribution >= 0.6 is 0 Å². The third-order valence-electron chi connectivity index (χ3n) is 11.6. The summed E-state index contributed by atoms with van der Waals surface area (Å²) in [5, 5.41) is 21.5.